The standard InChI is InChI=1S/C18H19N3O3S/c1-20(15-9-5-6-10-19-15)11-12-24-17(14-7-3-2-4-8-14)21-16(22)13-25-18(21)23/h2-10,17H,11-13H2,1H3. The number of carbonyl (C=O) groups is 2. The maximum atomic E-state index is 12.1. The van der Waals surface area contributed by atoms with Crippen LogP contribution in [0.5, 0.6) is 0 Å². The molecule has 0 bridgehead atoms. The fourth-order valence-electron chi connectivity index (χ4n) is 2.52. The summed E-state index contributed by atoms with van der Waals surface area (Å²) in [7, 11) is 1.92. The number of nitrogens with zero attached hydrogens (tertiary/aromatic N) is 3. The average molecular weight is 357 g/mol. The molecule has 1 atom stereocenters. The van der Waals surface area contributed by atoms with Gasteiger partial charge in [-0.3, -0.25) is 9.59 Å². The number of imide groups is 1. The molecule has 2 aromatic rings. The van der Waals surface area contributed by atoms with Gasteiger partial charge < -0.3 is 9.64 Å². The molecule has 1 saturated heterocycles. The molecule has 1 aromatic heterocycles. The predicted octanol–water partition coefficient (Wildman–Crippen LogP) is 2.93. The molecule has 6 nitrogen and oxygen atoms in total. The van der Waals surface area contributed by atoms with E-state index in [9.17, 15) is 9.59 Å². The molecule has 0 spiro atoms. The van der Waals surface area contributed by atoms with Gasteiger partial charge in [-0.15, -0.1) is 0 Å². The number of benzene rings is 1. The van der Waals surface area contributed by atoms with Crippen LogP contribution in [-0.2, 0) is 9.53 Å². The molecular weight excluding hydrogens is 338 g/mol. The highest BCUT2D eigenvalue weighted by Gasteiger charge is 2.37. The van der Waals surface area contributed by atoms with Gasteiger partial charge in [0.05, 0.1) is 12.4 Å². The predicted molar refractivity (Wildman–Crippen MR) is 97.3 cm³/mol. The molecule has 1 aromatic carbocycles. The topological polar surface area (TPSA) is 62.7 Å². The number of rotatable bonds is 7. The highest BCUT2D eigenvalue weighted by atomic mass is 32.2. The molecule has 0 saturated carbocycles. The first-order valence-electron chi connectivity index (χ1n) is 7.94. The first-order chi connectivity index (χ1) is 12.2. The maximum absolute atomic E-state index is 12.1. The van der Waals surface area contributed by atoms with Crippen LogP contribution >= 0.6 is 11.8 Å². The number of ether oxygens (including phenoxy) is 1. The molecular formula is C18H19N3O3S. The lowest BCUT2D eigenvalue weighted by molar-refractivity contribution is -0.135. The Hall–Kier alpha value is -2.38. The van der Waals surface area contributed by atoms with E-state index in [1.165, 1.54) is 4.90 Å². The average Bonchev–Trinajstić information content (AvgIpc) is 2.99. The lowest BCUT2D eigenvalue weighted by Crippen LogP contribution is -2.36. The molecule has 0 radical (unpaired) electrons. The van der Waals surface area contributed by atoms with Crippen LogP contribution in [0.15, 0.2) is 54.7 Å². The van der Waals surface area contributed by atoms with E-state index in [1.54, 1.807) is 6.20 Å². The number of pyridine rings is 1. The Bertz CT molecular complexity index is 711. The minimum atomic E-state index is -0.701. The third-order valence-electron chi connectivity index (χ3n) is 3.85. The molecule has 1 unspecified atom stereocenters. The molecule has 2 amide bonds. The Morgan fingerprint density at radius 3 is 2.60 bits per heavy atom. The van der Waals surface area contributed by atoms with Crippen LogP contribution in [0.25, 0.3) is 0 Å². The number of hydrogen-bond acceptors (Lipinski definition) is 6. The molecule has 2 heterocycles. The number of carbonyl (C=O) groups excluding carboxylic acids is 2. The molecule has 0 aliphatic carbocycles. The summed E-state index contributed by atoms with van der Waals surface area (Å²) in [6, 6.07) is 15.0. The van der Waals surface area contributed by atoms with E-state index in [0.29, 0.717) is 13.2 Å². The van der Waals surface area contributed by atoms with Gasteiger partial charge in [0.25, 0.3) is 5.24 Å². The largest absolute Gasteiger partial charge is 0.357 e. The minimum Gasteiger partial charge on any atom is -0.357 e. The lowest BCUT2D eigenvalue weighted by atomic mass is 10.2. The van der Waals surface area contributed by atoms with Crippen LogP contribution in [0.4, 0.5) is 10.6 Å². The molecule has 25 heavy (non-hydrogen) atoms. The molecule has 1 aliphatic rings. The van der Waals surface area contributed by atoms with Crippen LogP contribution in [0, 0.1) is 0 Å². The molecule has 0 N–H and O–H groups in total. The minimum absolute atomic E-state index is 0.166. The summed E-state index contributed by atoms with van der Waals surface area (Å²) in [5.41, 5.74) is 0.784. The van der Waals surface area contributed by atoms with Gasteiger partial charge >= 0.3 is 0 Å². The third-order valence-corrected chi connectivity index (χ3v) is 4.68. The van der Waals surface area contributed by atoms with E-state index in [0.717, 1.165) is 23.1 Å². The molecule has 1 fully saturated rings. The van der Waals surface area contributed by atoms with Gasteiger partial charge in [0.1, 0.15) is 5.82 Å². The number of thioether (sulfide) groups is 1. The zero-order valence-electron chi connectivity index (χ0n) is 13.9. The highest BCUT2D eigenvalue weighted by molar-refractivity contribution is 8.14. The summed E-state index contributed by atoms with van der Waals surface area (Å²) in [6.07, 6.45) is 1.03. The SMILES string of the molecule is CN(CCOC(c1ccccc1)N1C(=O)CSC1=O)c1ccccn1. The Morgan fingerprint density at radius 2 is 1.96 bits per heavy atom. The van der Waals surface area contributed by atoms with Crippen molar-refractivity contribution in [1.29, 1.82) is 0 Å². The van der Waals surface area contributed by atoms with Gasteiger partial charge in [-0.25, -0.2) is 9.88 Å². The number of likely N-dealkylation sites (N-methyl/N-ethyl adjacent to an activating group) is 1. The van der Waals surface area contributed by atoms with E-state index in [4.69, 9.17) is 4.74 Å². The van der Waals surface area contributed by atoms with Crippen molar-refractivity contribution in [3.05, 3.63) is 60.3 Å². The van der Waals surface area contributed by atoms with E-state index in [2.05, 4.69) is 4.98 Å². The van der Waals surface area contributed by atoms with Gasteiger partial charge in [-0.05, 0) is 12.1 Å². The molecule has 130 valence electrons. The van der Waals surface area contributed by atoms with Crippen molar-refractivity contribution >= 4 is 28.7 Å². The third kappa shape index (κ3) is 4.18. The first-order valence-corrected chi connectivity index (χ1v) is 8.93. The Morgan fingerprint density at radius 1 is 1.20 bits per heavy atom. The van der Waals surface area contributed by atoms with Crippen molar-refractivity contribution < 1.29 is 14.3 Å². The Labute approximate surface area is 150 Å². The van der Waals surface area contributed by atoms with Gasteiger partial charge in [0, 0.05) is 25.4 Å². The number of anilines is 1. The summed E-state index contributed by atoms with van der Waals surface area (Å²) < 4.78 is 5.95. The van der Waals surface area contributed by atoms with Gasteiger partial charge in [0.2, 0.25) is 5.91 Å². The number of hydrogen-bond donors (Lipinski definition) is 0. The van der Waals surface area contributed by atoms with E-state index < -0.39 is 6.23 Å². The second-order valence-corrected chi connectivity index (χ2v) is 6.49. The molecule has 3 rings (SSSR count). The maximum Gasteiger partial charge on any atom is 0.291 e. The van der Waals surface area contributed by atoms with Crippen molar-refractivity contribution in [2.45, 2.75) is 6.23 Å². The van der Waals surface area contributed by atoms with Crippen molar-refractivity contribution in [3.63, 3.8) is 0 Å². The van der Waals surface area contributed by atoms with Crippen LogP contribution in [0.1, 0.15) is 11.8 Å². The van der Waals surface area contributed by atoms with Crippen LogP contribution in [0.2, 0.25) is 0 Å². The van der Waals surface area contributed by atoms with Crippen molar-refractivity contribution in [1.82, 2.24) is 9.88 Å². The second-order valence-electron chi connectivity index (χ2n) is 5.56. The van der Waals surface area contributed by atoms with Gasteiger partial charge in [0.15, 0.2) is 6.23 Å². The molecule has 7 heteroatoms. The zero-order chi connectivity index (χ0) is 17.6. The van der Waals surface area contributed by atoms with Crippen LogP contribution in [0.3, 0.4) is 0 Å². The monoisotopic (exact) mass is 357 g/mol. The zero-order valence-corrected chi connectivity index (χ0v) is 14.7. The molecule has 1 aliphatic heterocycles. The summed E-state index contributed by atoms with van der Waals surface area (Å²) >= 11 is 1.01. The summed E-state index contributed by atoms with van der Waals surface area (Å²) in [5.74, 6) is 0.785. The number of aromatic nitrogens is 1. The summed E-state index contributed by atoms with van der Waals surface area (Å²) in [6.45, 7) is 0.943. The number of amides is 2. The second kappa shape index (κ2) is 8.13. The van der Waals surface area contributed by atoms with Gasteiger partial charge in [-0.1, -0.05) is 48.2 Å². The van der Waals surface area contributed by atoms with E-state index in [-0.39, 0.29) is 16.9 Å². The van der Waals surface area contributed by atoms with Gasteiger partial charge in [-0.2, -0.15) is 0 Å². The van der Waals surface area contributed by atoms with Crippen LogP contribution < -0.4 is 4.90 Å². The van der Waals surface area contributed by atoms with Crippen LogP contribution in [-0.4, -0.2) is 47.0 Å². The summed E-state index contributed by atoms with van der Waals surface area (Å²) in [5, 5.41) is -0.267. The van der Waals surface area contributed by atoms with Crippen molar-refractivity contribution in [2.24, 2.45) is 0 Å². The smallest absolute Gasteiger partial charge is 0.291 e. The Balaban J connectivity index is 1.68. The van der Waals surface area contributed by atoms with E-state index >= 15 is 0 Å². The highest BCUT2D eigenvalue weighted by Crippen LogP contribution is 2.30. The fourth-order valence-corrected chi connectivity index (χ4v) is 3.25. The van der Waals surface area contributed by atoms with E-state index in [1.807, 2.05) is 60.5 Å². The Kier molecular flexibility index (Phi) is 5.67. The fraction of sp³-hybridized carbons (Fsp3) is 0.278. The van der Waals surface area contributed by atoms with Crippen molar-refractivity contribution in [3.8, 4) is 0 Å². The summed E-state index contributed by atoms with van der Waals surface area (Å²) in [4.78, 5) is 31.6. The lowest BCUT2D eigenvalue weighted by Gasteiger charge is -2.27. The normalized spacial score (nSPS) is 15.5. The first kappa shape index (κ1) is 17.4. The quantitative estimate of drug-likeness (QED) is 0.759. The van der Waals surface area contributed by atoms with Crippen molar-refractivity contribution in [2.75, 3.05) is 30.9 Å².